The summed E-state index contributed by atoms with van der Waals surface area (Å²) in [4.78, 5) is 0. The maximum atomic E-state index is 12.2. The van der Waals surface area contributed by atoms with Crippen LogP contribution in [0.25, 0.3) is 0 Å². The van der Waals surface area contributed by atoms with E-state index in [0.29, 0.717) is 0 Å². The first kappa shape index (κ1) is 13.9. The average molecular weight is 270 g/mol. The van der Waals surface area contributed by atoms with Gasteiger partial charge < -0.3 is 0 Å². The lowest BCUT2D eigenvalue weighted by molar-refractivity contribution is -0.151. The third-order valence-corrected chi connectivity index (χ3v) is 2.30. The Kier molecular flexibility index (Phi) is 4.12. The molecule has 0 saturated heterocycles. The molecule has 1 unspecified atom stereocenters. The fourth-order valence-electron chi connectivity index (χ4n) is 1.23. The molecule has 0 heterocycles. The molecule has 17 heavy (non-hydrogen) atoms. The first-order chi connectivity index (χ1) is 7.67. The number of alkyl halides is 3. The van der Waals surface area contributed by atoms with Crippen LogP contribution in [-0.4, -0.2) is 19.1 Å². The molecule has 4 nitrogen and oxygen atoms in total. The van der Waals surface area contributed by atoms with Gasteiger partial charge in [-0.3, -0.25) is 4.55 Å². The zero-order valence-corrected chi connectivity index (χ0v) is 9.20. The van der Waals surface area contributed by atoms with E-state index in [9.17, 15) is 21.6 Å². The summed E-state index contributed by atoms with van der Waals surface area (Å²) in [6.45, 7) is 0. The summed E-state index contributed by atoms with van der Waals surface area (Å²) < 4.78 is 70.0. The predicted molar refractivity (Wildman–Crippen MR) is 52.5 cm³/mol. The minimum absolute atomic E-state index is 0.0162. The Labute approximate surface area is 96.0 Å². The Hall–Kier alpha value is -1.12. The van der Waals surface area contributed by atoms with Crippen molar-refractivity contribution in [2.75, 3.05) is 0 Å². The Morgan fingerprint density at radius 2 is 1.76 bits per heavy atom. The molecule has 1 aromatic carbocycles. The lowest BCUT2D eigenvalue weighted by Crippen LogP contribution is -2.19. The van der Waals surface area contributed by atoms with Gasteiger partial charge in [0.2, 0.25) is 0 Å². The van der Waals surface area contributed by atoms with Crippen molar-refractivity contribution in [1.29, 1.82) is 0 Å². The minimum atomic E-state index is -4.94. The van der Waals surface area contributed by atoms with Crippen LogP contribution in [-0.2, 0) is 14.6 Å². The topological polar surface area (TPSA) is 63.6 Å². The van der Waals surface area contributed by atoms with Gasteiger partial charge in [-0.05, 0) is 5.56 Å². The van der Waals surface area contributed by atoms with Crippen LogP contribution in [0.1, 0.15) is 18.1 Å². The number of benzene rings is 1. The highest BCUT2D eigenvalue weighted by Gasteiger charge is 2.35. The molecule has 0 aliphatic carbocycles. The molecular weight excluding hydrogens is 261 g/mol. The first-order valence-electron chi connectivity index (χ1n) is 4.45. The molecule has 0 aromatic heterocycles. The van der Waals surface area contributed by atoms with Crippen molar-refractivity contribution < 1.29 is 30.3 Å². The lowest BCUT2D eigenvalue weighted by atomic mass is 10.1. The smallest absolute Gasteiger partial charge is 0.264 e. The van der Waals surface area contributed by atoms with Crippen LogP contribution in [0.5, 0.6) is 0 Å². The van der Waals surface area contributed by atoms with Crippen molar-refractivity contribution in [2.24, 2.45) is 0 Å². The lowest BCUT2D eigenvalue weighted by Gasteiger charge is -2.17. The van der Waals surface area contributed by atoms with Crippen LogP contribution in [0.15, 0.2) is 30.3 Å². The molecule has 0 fully saturated rings. The highest BCUT2D eigenvalue weighted by atomic mass is 32.3. The van der Waals surface area contributed by atoms with E-state index in [0.717, 1.165) is 0 Å². The van der Waals surface area contributed by atoms with Gasteiger partial charge in [-0.2, -0.15) is 21.6 Å². The van der Waals surface area contributed by atoms with Crippen LogP contribution < -0.4 is 0 Å². The summed E-state index contributed by atoms with van der Waals surface area (Å²) in [6, 6.07) is 6.99. The summed E-state index contributed by atoms with van der Waals surface area (Å²) in [5.74, 6) is 0. The molecule has 0 bridgehead atoms. The third-order valence-electron chi connectivity index (χ3n) is 1.83. The zero-order chi connectivity index (χ0) is 13.1. The SMILES string of the molecule is O=S(=O)(O)OC(CC(F)(F)F)c1ccccc1. The maximum absolute atomic E-state index is 12.2. The van der Waals surface area contributed by atoms with Crippen LogP contribution in [0.3, 0.4) is 0 Å². The molecule has 0 spiro atoms. The van der Waals surface area contributed by atoms with Crippen molar-refractivity contribution in [1.82, 2.24) is 0 Å². The van der Waals surface area contributed by atoms with E-state index in [-0.39, 0.29) is 5.56 Å². The first-order valence-corrected chi connectivity index (χ1v) is 5.81. The van der Waals surface area contributed by atoms with E-state index in [1.54, 1.807) is 6.07 Å². The van der Waals surface area contributed by atoms with Gasteiger partial charge in [-0.1, -0.05) is 30.3 Å². The summed E-state index contributed by atoms with van der Waals surface area (Å²) >= 11 is 0. The molecule has 0 aliphatic heterocycles. The van der Waals surface area contributed by atoms with E-state index in [2.05, 4.69) is 4.18 Å². The molecule has 0 amide bonds. The Bertz CT molecular complexity index is 455. The van der Waals surface area contributed by atoms with E-state index in [1.165, 1.54) is 24.3 Å². The van der Waals surface area contributed by atoms with Gasteiger partial charge in [-0.25, -0.2) is 4.18 Å². The van der Waals surface area contributed by atoms with Gasteiger partial charge in [0.25, 0.3) is 0 Å². The fraction of sp³-hybridized carbons (Fsp3) is 0.333. The molecule has 0 aliphatic rings. The van der Waals surface area contributed by atoms with Gasteiger partial charge in [-0.15, -0.1) is 0 Å². The van der Waals surface area contributed by atoms with Crippen molar-refractivity contribution in [2.45, 2.75) is 18.7 Å². The van der Waals surface area contributed by atoms with Gasteiger partial charge in [0.1, 0.15) is 6.10 Å². The molecule has 1 atom stereocenters. The van der Waals surface area contributed by atoms with Crippen LogP contribution in [0, 0.1) is 0 Å². The van der Waals surface area contributed by atoms with E-state index >= 15 is 0 Å². The standard InChI is InChI=1S/C9H9F3O4S/c10-9(11,12)6-8(16-17(13,14)15)7-4-2-1-3-5-7/h1-5,8H,6H2,(H,13,14,15). The largest absolute Gasteiger partial charge is 0.397 e. The fourth-order valence-corrected chi connectivity index (χ4v) is 1.70. The number of hydrogen-bond donors (Lipinski definition) is 1. The molecular formula is C9H9F3O4S. The van der Waals surface area contributed by atoms with Crippen LogP contribution in [0.4, 0.5) is 13.2 Å². The van der Waals surface area contributed by atoms with Crippen molar-refractivity contribution in [3.05, 3.63) is 35.9 Å². The maximum Gasteiger partial charge on any atom is 0.397 e. The molecule has 1 N–H and O–H groups in total. The van der Waals surface area contributed by atoms with Crippen LogP contribution >= 0.6 is 0 Å². The zero-order valence-electron chi connectivity index (χ0n) is 8.39. The quantitative estimate of drug-likeness (QED) is 0.854. The second kappa shape index (κ2) is 5.03. The van der Waals surface area contributed by atoms with Gasteiger partial charge in [0.15, 0.2) is 0 Å². The Morgan fingerprint density at radius 3 is 2.18 bits per heavy atom. The second-order valence-corrected chi connectivity index (χ2v) is 4.29. The highest BCUT2D eigenvalue weighted by molar-refractivity contribution is 7.80. The van der Waals surface area contributed by atoms with Crippen molar-refractivity contribution in [3.8, 4) is 0 Å². The molecule has 1 rings (SSSR count). The minimum Gasteiger partial charge on any atom is -0.264 e. The average Bonchev–Trinajstić information content (AvgIpc) is 2.14. The predicted octanol–water partition coefficient (Wildman–Crippen LogP) is 2.50. The third kappa shape index (κ3) is 5.66. The molecule has 0 saturated carbocycles. The normalized spacial score (nSPS) is 14.6. The second-order valence-electron chi connectivity index (χ2n) is 3.24. The summed E-state index contributed by atoms with van der Waals surface area (Å²) in [7, 11) is -4.94. The van der Waals surface area contributed by atoms with Crippen molar-refractivity contribution >= 4 is 10.4 Å². The molecule has 1 aromatic rings. The summed E-state index contributed by atoms with van der Waals surface area (Å²) in [5, 5.41) is 0. The number of hydrogen-bond acceptors (Lipinski definition) is 3. The van der Waals surface area contributed by atoms with E-state index < -0.39 is 29.1 Å². The monoisotopic (exact) mass is 270 g/mol. The van der Waals surface area contributed by atoms with Gasteiger partial charge in [0.05, 0.1) is 6.42 Å². The Balaban J connectivity index is 2.95. The highest BCUT2D eigenvalue weighted by Crippen LogP contribution is 2.32. The van der Waals surface area contributed by atoms with Gasteiger partial charge >= 0.3 is 16.6 Å². The van der Waals surface area contributed by atoms with E-state index in [1.807, 2.05) is 0 Å². The summed E-state index contributed by atoms with van der Waals surface area (Å²) in [5.41, 5.74) is 0.0162. The Morgan fingerprint density at radius 1 is 1.24 bits per heavy atom. The van der Waals surface area contributed by atoms with E-state index in [4.69, 9.17) is 4.55 Å². The summed E-state index contributed by atoms with van der Waals surface area (Å²) in [6.07, 6.45) is -7.90. The molecule has 0 radical (unpaired) electrons. The van der Waals surface area contributed by atoms with Crippen LogP contribution in [0.2, 0.25) is 0 Å². The molecule has 8 heteroatoms. The van der Waals surface area contributed by atoms with Gasteiger partial charge in [0, 0.05) is 0 Å². The van der Waals surface area contributed by atoms with Crippen molar-refractivity contribution in [3.63, 3.8) is 0 Å². The number of rotatable bonds is 4. The molecule has 96 valence electrons. The number of halogens is 3.